The van der Waals surface area contributed by atoms with Gasteiger partial charge in [-0.3, -0.25) is 4.79 Å². The van der Waals surface area contributed by atoms with E-state index >= 15 is 0 Å². The molecule has 1 saturated carbocycles. The van der Waals surface area contributed by atoms with Crippen LogP contribution in [0.15, 0.2) is 0 Å². The first kappa shape index (κ1) is 10.0. The molecule has 0 N–H and O–H groups in total. The number of carbonyl (C=O) groups excluding carboxylic acids is 1. The molecular formula is C12H21NO. The third-order valence-electron chi connectivity index (χ3n) is 4.03. The fourth-order valence-electron chi connectivity index (χ4n) is 2.97. The van der Waals surface area contributed by atoms with E-state index in [0.717, 1.165) is 50.1 Å². The fraction of sp³-hybridized carbons (Fsp3) is 0.917. The van der Waals surface area contributed by atoms with Crippen LogP contribution in [-0.2, 0) is 4.79 Å². The molecule has 14 heavy (non-hydrogen) atoms. The lowest BCUT2D eigenvalue weighted by molar-refractivity contribution is -0.131. The number of fused-ring (bicyclic) bond motifs is 1. The minimum Gasteiger partial charge on any atom is -0.343 e. The van der Waals surface area contributed by atoms with Crippen LogP contribution in [-0.4, -0.2) is 23.9 Å². The lowest BCUT2D eigenvalue weighted by Crippen LogP contribution is -2.33. The van der Waals surface area contributed by atoms with Gasteiger partial charge in [0, 0.05) is 19.5 Å². The summed E-state index contributed by atoms with van der Waals surface area (Å²) in [5, 5.41) is 0. The third kappa shape index (κ3) is 1.79. The Kier molecular flexibility index (Phi) is 2.80. The molecule has 2 fully saturated rings. The number of hydrogen-bond donors (Lipinski definition) is 0. The minimum atomic E-state index is 0.393. The lowest BCUT2D eigenvalue weighted by atomic mass is 10.1. The largest absolute Gasteiger partial charge is 0.343 e. The van der Waals surface area contributed by atoms with E-state index in [1.54, 1.807) is 0 Å². The Bertz CT molecular complexity index is 226. The summed E-state index contributed by atoms with van der Waals surface area (Å²) in [4.78, 5) is 13.8. The molecule has 2 aliphatic rings. The first-order chi connectivity index (χ1) is 6.74. The Morgan fingerprint density at radius 3 is 2.79 bits per heavy atom. The van der Waals surface area contributed by atoms with Crippen molar-refractivity contribution < 1.29 is 4.79 Å². The Morgan fingerprint density at radius 2 is 2.07 bits per heavy atom. The van der Waals surface area contributed by atoms with Gasteiger partial charge in [-0.15, -0.1) is 0 Å². The number of hydrogen-bond acceptors (Lipinski definition) is 1. The number of nitrogens with zero attached hydrogens (tertiary/aromatic N) is 1. The summed E-state index contributed by atoms with van der Waals surface area (Å²) < 4.78 is 0. The number of likely N-dealkylation sites (tertiary alicyclic amines) is 1. The van der Waals surface area contributed by atoms with Gasteiger partial charge in [0.25, 0.3) is 0 Å². The van der Waals surface area contributed by atoms with Crippen molar-refractivity contribution in [3.8, 4) is 0 Å². The molecule has 1 heterocycles. The molecule has 1 aliphatic heterocycles. The highest BCUT2D eigenvalue weighted by molar-refractivity contribution is 5.76. The highest BCUT2D eigenvalue weighted by Crippen LogP contribution is 2.51. The molecule has 2 nitrogen and oxygen atoms in total. The zero-order chi connectivity index (χ0) is 10.1. The maximum absolute atomic E-state index is 11.8. The van der Waals surface area contributed by atoms with Gasteiger partial charge in [-0.05, 0) is 37.0 Å². The van der Waals surface area contributed by atoms with Gasteiger partial charge in [-0.2, -0.15) is 0 Å². The smallest absolute Gasteiger partial charge is 0.222 e. The van der Waals surface area contributed by atoms with E-state index in [4.69, 9.17) is 0 Å². The van der Waals surface area contributed by atoms with E-state index in [0.29, 0.717) is 5.91 Å². The molecule has 0 spiro atoms. The monoisotopic (exact) mass is 195 g/mol. The highest BCUT2D eigenvalue weighted by Gasteiger charge is 2.46. The number of amides is 1. The summed E-state index contributed by atoms with van der Waals surface area (Å²) in [5.41, 5.74) is 0. The van der Waals surface area contributed by atoms with E-state index in [2.05, 4.69) is 18.7 Å². The molecule has 3 unspecified atom stereocenters. The van der Waals surface area contributed by atoms with Crippen molar-refractivity contribution in [2.75, 3.05) is 13.1 Å². The molecule has 0 bridgehead atoms. The number of rotatable bonds is 2. The van der Waals surface area contributed by atoms with E-state index in [1.807, 2.05) is 0 Å². The summed E-state index contributed by atoms with van der Waals surface area (Å²) in [6.45, 7) is 6.46. The summed E-state index contributed by atoms with van der Waals surface area (Å²) in [7, 11) is 0. The van der Waals surface area contributed by atoms with Gasteiger partial charge in [-0.25, -0.2) is 0 Å². The highest BCUT2D eigenvalue weighted by atomic mass is 16.2. The average Bonchev–Trinajstić information content (AvgIpc) is 2.76. The van der Waals surface area contributed by atoms with Gasteiger partial charge >= 0.3 is 0 Å². The second-order valence-corrected chi connectivity index (χ2v) is 4.89. The number of carbonyl (C=O) groups is 1. The molecule has 0 radical (unpaired) electrons. The summed E-state index contributed by atoms with van der Waals surface area (Å²) in [6, 6.07) is 0. The normalized spacial score (nSPS) is 37.4. The van der Waals surface area contributed by atoms with Crippen LogP contribution in [0.5, 0.6) is 0 Å². The van der Waals surface area contributed by atoms with E-state index < -0.39 is 0 Å². The second-order valence-electron chi connectivity index (χ2n) is 4.89. The maximum Gasteiger partial charge on any atom is 0.222 e. The van der Waals surface area contributed by atoms with E-state index in [1.165, 1.54) is 6.42 Å². The molecular weight excluding hydrogens is 174 g/mol. The van der Waals surface area contributed by atoms with Gasteiger partial charge in [0.2, 0.25) is 5.91 Å². The molecule has 0 aromatic carbocycles. The van der Waals surface area contributed by atoms with Crippen LogP contribution in [0.3, 0.4) is 0 Å². The van der Waals surface area contributed by atoms with Crippen LogP contribution < -0.4 is 0 Å². The van der Waals surface area contributed by atoms with Crippen LogP contribution >= 0.6 is 0 Å². The topological polar surface area (TPSA) is 20.3 Å². The Hall–Kier alpha value is -0.530. The van der Waals surface area contributed by atoms with Crippen LogP contribution in [0.4, 0.5) is 0 Å². The Balaban J connectivity index is 1.91. The predicted molar refractivity (Wildman–Crippen MR) is 56.9 cm³/mol. The van der Waals surface area contributed by atoms with Gasteiger partial charge < -0.3 is 4.90 Å². The van der Waals surface area contributed by atoms with Gasteiger partial charge in [0.15, 0.2) is 0 Å². The molecule has 2 heteroatoms. The molecule has 1 amide bonds. The molecule has 80 valence electrons. The van der Waals surface area contributed by atoms with Crippen molar-refractivity contribution in [3.63, 3.8) is 0 Å². The average molecular weight is 195 g/mol. The van der Waals surface area contributed by atoms with Gasteiger partial charge in [0.1, 0.15) is 0 Å². The molecule has 1 saturated heterocycles. The summed E-state index contributed by atoms with van der Waals surface area (Å²) >= 11 is 0. The van der Waals surface area contributed by atoms with Crippen LogP contribution in [0.2, 0.25) is 0 Å². The van der Waals surface area contributed by atoms with Crippen molar-refractivity contribution in [2.45, 2.75) is 39.5 Å². The molecule has 3 atom stereocenters. The van der Waals surface area contributed by atoms with Crippen molar-refractivity contribution >= 4 is 5.91 Å². The first-order valence-electron chi connectivity index (χ1n) is 6.01. The van der Waals surface area contributed by atoms with Crippen LogP contribution in [0.25, 0.3) is 0 Å². The predicted octanol–water partition coefficient (Wildman–Crippen LogP) is 2.29. The summed E-state index contributed by atoms with van der Waals surface area (Å²) in [6.07, 6.45) is 4.28. The maximum atomic E-state index is 11.8. The van der Waals surface area contributed by atoms with E-state index in [-0.39, 0.29) is 0 Å². The molecule has 1 aliphatic carbocycles. The Labute approximate surface area is 86.7 Å². The molecule has 0 aromatic heterocycles. The van der Waals surface area contributed by atoms with Crippen molar-refractivity contribution in [2.24, 2.45) is 17.8 Å². The van der Waals surface area contributed by atoms with Crippen molar-refractivity contribution in [1.82, 2.24) is 4.90 Å². The SMILES string of the molecule is CCCN1CCC2C(C)C2CCC1=O. The standard InChI is InChI=1S/C12H21NO/c1-3-7-13-8-6-11-9(2)10(11)4-5-12(13)14/h9-11H,3-8H2,1-2H3. The first-order valence-corrected chi connectivity index (χ1v) is 6.01. The second kappa shape index (κ2) is 3.92. The quantitative estimate of drug-likeness (QED) is 0.662. The van der Waals surface area contributed by atoms with Crippen molar-refractivity contribution in [3.05, 3.63) is 0 Å². The van der Waals surface area contributed by atoms with Gasteiger partial charge in [0.05, 0.1) is 0 Å². The van der Waals surface area contributed by atoms with Crippen LogP contribution in [0, 0.1) is 17.8 Å². The minimum absolute atomic E-state index is 0.393. The molecule has 0 aromatic rings. The van der Waals surface area contributed by atoms with E-state index in [9.17, 15) is 4.79 Å². The molecule has 2 rings (SSSR count). The summed E-state index contributed by atoms with van der Waals surface area (Å²) in [5.74, 6) is 3.10. The Morgan fingerprint density at radius 1 is 1.36 bits per heavy atom. The van der Waals surface area contributed by atoms with Gasteiger partial charge in [-0.1, -0.05) is 13.8 Å². The zero-order valence-corrected chi connectivity index (χ0v) is 9.33. The van der Waals surface area contributed by atoms with Crippen LogP contribution in [0.1, 0.15) is 39.5 Å². The third-order valence-corrected chi connectivity index (χ3v) is 4.03. The zero-order valence-electron chi connectivity index (χ0n) is 9.33. The lowest BCUT2D eigenvalue weighted by Gasteiger charge is -2.23. The fourth-order valence-corrected chi connectivity index (χ4v) is 2.97. The van der Waals surface area contributed by atoms with Crippen molar-refractivity contribution in [1.29, 1.82) is 0 Å².